The van der Waals surface area contributed by atoms with Gasteiger partial charge in [0.15, 0.2) is 5.54 Å². The van der Waals surface area contributed by atoms with E-state index in [1.165, 1.54) is 22.0 Å². The molecule has 2 aromatic rings. The van der Waals surface area contributed by atoms with E-state index in [1.54, 1.807) is 20.0 Å². The number of hydrogen-bond acceptors (Lipinski definition) is 3. The van der Waals surface area contributed by atoms with Crippen LogP contribution in [-0.4, -0.2) is 26.8 Å². The second-order valence-electron chi connectivity index (χ2n) is 7.80. The fourth-order valence-corrected chi connectivity index (χ4v) is 3.01. The van der Waals surface area contributed by atoms with Crippen LogP contribution < -0.4 is 5.32 Å². The lowest BCUT2D eigenvalue weighted by atomic mass is 10.00. The van der Waals surface area contributed by atoms with E-state index in [1.807, 2.05) is 0 Å². The molecule has 1 aromatic heterocycles. The van der Waals surface area contributed by atoms with Gasteiger partial charge >= 0.3 is 5.97 Å². The Kier molecular flexibility index (Phi) is 4.61. The lowest BCUT2D eigenvalue weighted by Crippen LogP contribution is -2.35. The van der Waals surface area contributed by atoms with Gasteiger partial charge in [-0.25, -0.2) is 4.79 Å². The summed E-state index contributed by atoms with van der Waals surface area (Å²) in [5.41, 5.74) is 1.84. The first kappa shape index (κ1) is 18.2. The zero-order valence-corrected chi connectivity index (χ0v) is 15.6. The molecule has 1 aliphatic carbocycles. The molecule has 1 aliphatic rings. The highest BCUT2D eigenvalue weighted by Gasteiger charge is 2.44. The number of carbonyl (C=O) groups excluding carboxylic acids is 1. The number of anilines is 1. The fourth-order valence-electron chi connectivity index (χ4n) is 3.01. The molecule has 1 aromatic carbocycles. The van der Waals surface area contributed by atoms with Gasteiger partial charge in [-0.1, -0.05) is 38.1 Å². The third kappa shape index (κ3) is 3.49. The number of rotatable bonds is 6. The highest BCUT2D eigenvalue weighted by molar-refractivity contribution is 5.95. The molecule has 0 radical (unpaired) electrons. The summed E-state index contributed by atoms with van der Waals surface area (Å²) < 4.78 is 1.35. The van der Waals surface area contributed by atoms with E-state index in [4.69, 9.17) is 0 Å². The number of amides is 1. The predicted octanol–water partition coefficient (Wildman–Crippen LogP) is 3.57. The topological polar surface area (TPSA) is 84.2 Å². The summed E-state index contributed by atoms with van der Waals surface area (Å²) in [5, 5.41) is 16.2. The molecule has 1 fully saturated rings. The number of benzene rings is 1. The summed E-state index contributed by atoms with van der Waals surface area (Å²) in [6.45, 7) is 7.44. The molecule has 2 N–H and O–H groups in total. The molecule has 0 saturated heterocycles. The first-order valence-electron chi connectivity index (χ1n) is 8.89. The maximum absolute atomic E-state index is 12.5. The summed E-state index contributed by atoms with van der Waals surface area (Å²) >= 11 is 0. The lowest BCUT2D eigenvalue weighted by Gasteiger charge is -2.19. The highest BCUT2D eigenvalue weighted by atomic mass is 16.4. The van der Waals surface area contributed by atoms with Crippen molar-refractivity contribution in [2.45, 2.75) is 51.5 Å². The van der Waals surface area contributed by atoms with Crippen molar-refractivity contribution in [1.82, 2.24) is 9.78 Å². The Bertz CT molecular complexity index is 821. The molecule has 0 bridgehead atoms. The van der Waals surface area contributed by atoms with Crippen LogP contribution in [-0.2, 0) is 15.1 Å². The largest absolute Gasteiger partial charge is 0.479 e. The van der Waals surface area contributed by atoms with Crippen molar-refractivity contribution in [3.05, 3.63) is 47.8 Å². The summed E-state index contributed by atoms with van der Waals surface area (Å²) in [6, 6.07) is 8.48. The van der Waals surface area contributed by atoms with Crippen LogP contribution in [0.1, 0.15) is 57.1 Å². The number of hydrogen-bond donors (Lipinski definition) is 2. The molecule has 2 atom stereocenters. The Hall–Kier alpha value is -2.63. The minimum atomic E-state index is -1.16. The van der Waals surface area contributed by atoms with Crippen LogP contribution in [0.25, 0.3) is 0 Å². The molecule has 1 saturated carbocycles. The van der Waals surface area contributed by atoms with Crippen molar-refractivity contribution in [2.24, 2.45) is 5.92 Å². The smallest absolute Gasteiger partial charge is 0.331 e. The molecule has 6 nitrogen and oxygen atoms in total. The van der Waals surface area contributed by atoms with Gasteiger partial charge in [-0.05, 0) is 43.2 Å². The standard InChI is InChI=1S/C20H25N3O3/c1-12(2)13-5-7-14(8-6-13)16-9-17(16)18(24)22-15-10-21-23(11-15)20(3,4)19(25)26/h5-8,10-12,16-17H,9H2,1-4H3,(H,22,24)(H,25,26). The molecule has 1 amide bonds. The quantitative estimate of drug-likeness (QED) is 0.830. The Morgan fingerprint density at radius 2 is 1.92 bits per heavy atom. The van der Waals surface area contributed by atoms with Crippen LogP contribution in [0.15, 0.2) is 36.7 Å². The van der Waals surface area contributed by atoms with Crippen molar-refractivity contribution >= 4 is 17.6 Å². The molecule has 26 heavy (non-hydrogen) atoms. The first-order chi connectivity index (χ1) is 12.2. The minimum Gasteiger partial charge on any atom is -0.479 e. The van der Waals surface area contributed by atoms with Crippen molar-refractivity contribution in [2.75, 3.05) is 5.32 Å². The maximum atomic E-state index is 12.5. The average Bonchev–Trinajstić information content (AvgIpc) is 3.26. The Balaban J connectivity index is 1.62. The van der Waals surface area contributed by atoms with Crippen molar-refractivity contribution in [3.63, 3.8) is 0 Å². The monoisotopic (exact) mass is 355 g/mol. The Morgan fingerprint density at radius 3 is 2.50 bits per heavy atom. The van der Waals surface area contributed by atoms with Crippen molar-refractivity contribution in [3.8, 4) is 0 Å². The van der Waals surface area contributed by atoms with Gasteiger partial charge in [0.1, 0.15) is 0 Å². The number of carboxylic acids is 1. The van der Waals surface area contributed by atoms with Crippen LogP contribution in [0.3, 0.4) is 0 Å². The maximum Gasteiger partial charge on any atom is 0.331 e. The molecule has 3 rings (SSSR count). The van der Waals surface area contributed by atoms with Gasteiger partial charge in [-0.15, -0.1) is 0 Å². The Morgan fingerprint density at radius 1 is 1.27 bits per heavy atom. The third-order valence-corrected chi connectivity index (χ3v) is 5.10. The zero-order chi connectivity index (χ0) is 19.1. The van der Waals surface area contributed by atoms with Gasteiger partial charge in [-0.2, -0.15) is 5.10 Å². The highest BCUT2D eigenvalue weighted by Crippen LogP contribution is 2.48. The van der Waals surface area contributed by atoms with E-state index in [9.17, 15) is 14.7 Å². The van der Waals surface area contributed by atoms with Crippen LogP contribution in [0, 0.1) is 5.92 Å². The summed E-state index contributed by atoms with van der Waals surface area (Å²) in [7, 11) is 0. The van der Waals surface area contributed by atoms with Gasteiger partial charge in [0, 0.05) is 12.1 Å². The average molecular weight is 355 g/mol. The van der Waals surface area contributed by atoms with Gasteiger partial charge in [0.2, 0.25) is 5.91 Å². The van der Waals surface area contributed by atoms with E-state index in [2.05, 4.69) is 48.5 Å². The van der Waals surface area contributed by atoms with Crippen molar-refractivity contribution in [1.29, 1.82) is 0 Å². The summed E-state index contributed by atoms with van der Waals surface area (Å²) in [6.07, 6.45) is 3.87. The molecule has 6 heteroatoms. The van der Waals surface area contributed by atoms with E-state index < -0.39 is 11.5 Å². The molecule has 0 aliphatic heterocycles. The third-order valence-electron chi connectivity index (χ3n) is 5.10. The van der Waals surface area contributed by atoms with Gasteiger partial charge < -0.3 is 10.4 Å². The minimum absolute atomic E-state index is 0.0456. The molecule has 138 valence electrons. The number of aliphatic carboxylic acids is 1. The van der Waals surface area contributed by atoms with Crippen LogP contribution >= 0.6 is 0 Å². The fraction of sp³-hybridized carbons (Fsp3) is 0.450. The zero-order valence-electron chi connectivity index (χ0n) is 15.6. The molecular formula is C20H25N3O3. The van der Waals surface area contributed by atoms with E-state index in [-0.39, 0.29) is 17.7 Å². The van der Waals surface area contributed by atoms with Crippen LogP contribution in [0.4, 0.5) is 5.69 Å². The summed E-state index contributed by atoms with van der Waals surface area (Å²) in [5.74, 6) is -0.326. The van der Waals surface area contributed by atoms with Gasteiger partial charge in [0.25, 0.3) is 0 Å². The van der Waals surface area contributed by atoms with Crippen LogP contribution in [0.2, 0.25) is 0 Å². The molecule has 0 spiro atoms. The number of carboxylic acid groups (broad SMARTS) is 1. The van der Waals surface area contributed by atoms with Crippen molar-refractivity contribution < 1.29 is 14.7 Å². The number of aromatic nitrogens is 2. The number of nitrogens with zero attached hydrogens (tertiary/aromatic N) is 2. The van der Waals surface area contributed by atoms with Gasteiger partial charge in [0.05, 0.1) is 11.9 Å². The van der Waals surface area contributed by atoms with E-state index in [0.29, 0.717) is 11.6 Å². The van der Waals surface area contributed by atoms with Crippen LogP contribution in [0.5, 0.6) is 0 Å². The molecule has 1 heterocycles. The van der Waals surface area contributed by atoms with E-state index >= 15 is 0 Å². The molecule has 2 unspecified atom stereocenters. The lowest BCUT2D eigenvalue weighted by molar-refractivity contribution is -0.146. The molecular weight excluding hydrogens is 330 g/mol. The SMILES string of the molecule is CC(C)c1ccc(C2CC2C(=O)Nc2cnn(C(C)(C)C(=O)O)c2)cc1. The Labute approximate surface area is 153 Å². The van der Waals surface area contributed by atoms with Gasteiger partial charge in [-0.3, -0.25) is 9.48 Å². The second-order valence-corrected chi connectivity index (χ2v) is 7.80. The number of nitrogens with one attached hydrogen (secondary N) is 1. The predicted molar refractivity (Wildman–Crippen MR) is 99.2 cm³/mol. The van der Waals surface area contributed by atoms with E-state index in [0.717, 1.165) is 6.42 Å². The normalized spacial score (nSPS) is 19.4. The summed E-state index contributed by atoms with van der Waals surface area (Å²) in [4.78, 5) is 23.8. The first-order valence-corrected chi connectivity index (χ1v) is 8.89. The second kappa shape index (κ2) is 6.59. The number of carbonyl (C=O) groups is 2.